The predicted molar refractivity (Wildman–Crippen MR) is 180 cm³/mol. The molecule has 8 heteroatoms. The molecule has 1 fully saturated rings. The first-order chi connectivity index (χ1) is 22.4. The molecule has 234 valence electrons. The number of carbonyl (C=O) groups is 2. The zero-order valence-electron chi connectivity index (χ0n) is 26.3. The molecule has 5 aromatic rings. The Labute approximate surface area is 269 Å². The second kappa shape index (κ2) is 13.8. The van der Waals surface area contributed by atoms with Crippen LogP contribution < -0.4 is 21.1 Å². The largest absolute Gasteiger partial charge is 0.489 e. The van der Waals surface area contributed by atoms with Gasteiger partial charge < -0.3 is 21.1 Å². The fraction of sp³-hybridized carbons (Fsp3) is 0.237. The van der Waals surface area contributed by atoms with E-state index in [1.54, 1.807) is 18.2 Å². The molecule has 8 nitrogen and oxygen atoms in total. The number of anilines is 1. The lowest BCUT2D eigenvalue weighted by Gasteiger charge is -2.13. The maximum absolute atomic E-state index is 13.6. The van der Waals surface area contributed by atoms with Crippen molar-refractivity contribution in [2.45, 2.75) is 52.3 Å². The van der Waals surface area contributed by atoms with Crippen molar-refractivity contribution < 1.29 is 14.3 Å². The summed E-state index contributed by atoms with van der Waals surface area (Å²) in [7, 11) is 0. The van der Waals surface area contributed by atoms with E-state index in [1.807, 2.05) is 55.5 Å². The van der Waals surface area contributed by atoms with E-state index in [2.05, 4.69) is 46.9 Å². The van der Waals surface area contributed by atoms with E-state index >= 15 is 0 Å². The predicted octanol–water partition coefficient (Wildman–Crippen LogP) is 6.11. The van der Waals surface area contributed by atoms with Crippen LogP contribution in [0.25, 0.3) is 5.69 Å². The van der Waals surface area contributed by atoms with Crippen molar-refractivity contribution in [1.82, 2.24) is 20.4 Å². The van der Waals surface area contributed by atoms with Gasteiger partial charge in [-0.3, -0.25) is 9.59 Å². The molecule has 0 spiro atoms. The van der Waals surface area contributed by atoms with Crippen molar-refractivity contribution in [3.05, 3.63) is 142 Å². The van der Waals surface area contributed by atoms with E-state index in [4.69, 9.17) is 10.5 Å². The highest BCUT2D eigenvalue weighted by Crippen LogP contribution is 2.25. The molecule has 1 aliphatic carbocycles. The number of amides is 1. The smallest absolute Gasteiger partial charge is 0.251 e. The van der Waals surface area contributed by atoms with Gasteiger partial charge in [0.15, 0.2) is 5.78 Å². The first kappa shape index (κ1) is 30.8. The van der Waals surface area contributed by atoms with Gasteiger partial charge in [0.1, 0.15) is 18.2 Å². The number of carbonyl (C=O) groups excluding carboxylic acids is 2. The van der Waals surface area contributed by atoms with Crippen molar-refractivity contribution in [1.29, 1.82) is 0 Å². The third-order valence-electron chi connectivity index (χ3n) is 8.21. The number of benzene rings is 4. The summed E-state index contributed by atoms with van der Waals surface area (Å²) in [6, 6.07) is 29.7. The number of rotatable bonds is 13. The number of hydrogen-bond acceptors (Lipinski definition) is 6. The third kappa shape index (κ3) is 7.35. The molecule has 4 aromatic carbocycles. The van der Waals surface area contributed by atoms with E-state index < -0.39 is 0 Å². The normalized spacial score (nSPS) is 12.6. The van der Waals surface area contributed by atoms with Gasteiger partial charge in [0.05, 0.1) is 17.4 Å². The van der Waals surface area contributed by atoms with Gasteiger partial charge in [-0.05, 0) is 86.2 Å². The van der Waals surface area contributed by atoms with Crippen LogP contribution in [0.5, 0.6) is 5.75 Å². The summed E-state index contributed by atoms with van der Waals surface area (Å²) < 4.78 is 7.69. The Bertz CT molecular complexity index is 1860. The van der Waals surface area contributed by atoms with E-state index in [9.17, 15) is 9.59 Å². The number of nitrogens with zero attached hydrogens (tertiary/aromatic N) is 2. The Morgan fingerprint density at radius 3 is 2.52 bits per heavy atom. The molecule has 0 radical (unpaired) electrons. The number of nitrogens with one attached hydrogen (secondary N) is 2. The third-order valence-corrected chi connectivity index (χ3v) is 8.21. The zero-order valence-corrected chi connectivity index (χ0v) is 26.3. The summed E-state index contributed by atoms with van der Waals surface area (Å²) in [6.45, 7) is 5.90. The van der Waals surface area contributed by atoms with Crippen LogP contribution in [-0.2, 0) is 19.6 Å². The number of nitrogens with two attached hydrogens (primary N) is 1. The van der Waals surface area contributed by atoms with Crippen molar-refractivity contribution in [3.8, 4) is 11.4 Å². The molecule has 1 amide bonds. The summed E-state index contributed by atoms with van der Waals surface area (Å²) in [5, 5.41) is 11.0. The first-order valence-corrected chi connectivity index (χ1v) is 15.7. The van der Waals surface area contributed by atoms with Gasteiger partial charge >= 0.3 is 0 Å². The monoisotopic (exact) mass is 613 g/mol. The lowest BCUT2D eigenvalue weighted by molar-refractivity contribution is 0.0950. The van der Waals surface area contributed by atoms with E-state index in [0.29, 0.717) is 35.5 Å². The Hall–Kier alpha value is -5.21. The highest BCUT2D eigenvalue weighted by atomic mass is 16.5. The molecule has 1 aliphatic rings. The van der Waals surface area contributed by atoms with E-state index in [1.165, 1.54) is 16.4 Å². The molecular weight excluding hydrogens is 574 g/mol. The molecule has 1 heterocycles. The SMILES string of the molecule is Cc1ccc(OCc2ccccc2)c(CCNCc2cccc(C(=O)c3cnn(-c4cc(C(=O)NC5CC5)ccc4C)c3N)c2)c1. The minimum atomic E-state index is -0.203. The zero-order chi connectivity index (χ0) is 32.0. The van der Waals surface area contributed by atoms with E-state index in [0.717, 1.165) is 53.8 Å². The molecule has 1 aromatic heterocycles. The maximum atomic E-state index is 13.6. The Morgan fingerprint density at radius 2 is 1.72 bits per heavy atom. The minimum Gasteiger partial charge on any atom is -0.489 e. The highest BCUT2D eigenvalue weighted by molar-refractivity contribution is 6.11. The van der Waals surface area contributed by atoms with Gasteiger partial charge in [0, 0.05) is 23.7 Å². The molecule has 0 saturated heterocycles. The Morgan fingerprint density at radius 1 is 0.913 bits per heavy atom. The Kier molecular flexibility index (Phi) is 9.26. The van der Waals surface area contributed by atoms with Crippen LogP contribution in [-0.4, -0.2) is 34.1 Å². The van der Waals surface area contributed by atoms with Crippen LogP contribution in [0.4, 0.5) is 5.82 Å². The number of aromatic nitrogens is 2. The van der Waals surface area contributed by atoms with Gasteiger partial charge in [-0.15, -0.1) is 0 Å². The fourth-order valence-corrected chi connectivity index (χ4v) is 5.41. The number of ether oxygens (including phenoxy) is 1. The second-order valence-electron chi connectivity index (χ2n) is 11.9. The van der Waals surface area contributed by atoms with E-state index in [-0.39, 0.29) is 23.6 Å². The van der Waals surface area contributed by atoms with Crippen molar-refractivity contribution >= 4 is 17.5 Å². The molecule has 6 rings (SSSR count). The van der Waals surface area contributed by atoms with Gasteiger partial charge in [0.25, 0.3) is 5.91 Å². The molecule has 4 N–H and O–H groups in total. The van der Waals surface area contributed by atoms with Crippen LogP contribution >= 0.6 is 0 Å². The van der Waals surface area contributed by atoms with Crippen LogP contribution in [0.1, 0.15) is 66.9 Å². The molecule has 0 unspecified atom stereocenters. The first-order valence-electron chi connectivity index (χ1n) is 15.7. The molecule has 0 atom stereocenters. The Balaban J connectivity index is 1.09. The maximum Gasteiger partial charge on any atom is 0.251 e. The molecule has 0 bridgehead atoms. The summed E-state index contributed by atoms with van der Waals surface area (Å²) in [4.78, 5) is 26.2. The van der Waals surface area contributed by atoms with Gasteiger partial charge in [-0.25, -0.2) is 4.68 Å². The molecule has 0 aliphatic heterocycles. The number of ketones is 1. The molecular formula is C38H39N5O3. The minimum absolute atomic E-state index is 0.119. The summed E-state index contributed by atoms with van der Waals surface area (Å²) in [6.07, 6.45) is 4.33. The van der Waals surface area contributed by atoms with Gasteiger partial charge in [-0.2, -0.15) is 5.10 Å². The van der Waals surface area contributed by atoms with Gasteiger partial charge in [0.2, 0.25) is 0 Å². The van der Waals surface area contributed by atoms with Crippen LogP contribution in [0.2, 0.25) is 0 Å². The number of nitrogen functional groups attached to an aromatic ring is 1. The van der Waals surface area contributed by atoms with Gasteiger partial charge in [-0.1, -0.05) is 72.3 Å². The second-order valence-corrected chi connectivity index (χ2v) is 11.9. The quantitative estimate of drug-likeness (QED) is 0.109. The molecule has 46 heavy (non-hydrogen) atoms. The average molecular weight is 614 g/mol. The standard InChI is InChI=1S/C38H39N5O3/c1-25-11-16-35(46-24-27-7-4-3-5-8-27)29(19-25)17-18-40-22-28-9-6-10-30(20-28)36(44)33-23-41-43(37(33)39)34-21-31(13-12-26(34)2)38(45)42-32-14-15-32/h3-13,16,19-21,23,32,40H,14-15,17-18,22,24,39H2,1-2H3,(H,42,45). The fourth-order valence-electron chi connectivity index (χ4n) is 5.41. The summed E-state index contributed by atoms with van der Waals surface area (Å²) in [5.74, 6) is 0.808. The summed E-state index contributed by atoms with van der Waals surface area (Å²) >= 11 is 0. The van der Waals surface area contributed by atoms with Crippen molar-refractivity contribution in [2.24, 2.45) is 0 Å². The topological polar surface area (TPSA) is 111 Å². The van der Waals surface area contributed by atoms with Crippen molar-refractivity contribution in [3.63, 3.8) is 0 Å². The lowest BCUT2D eigenvalue weighted by atomic mass is 10.0. The molecule has 1 saturated carbocycles. The van der Waals surface area contributed by atoms with Crippen LogP contribution in [0.15, 0.2) is 97.2 Å². The summed E-state index contributed by atoms with van der Waals surface area (Å²) in [5.41, 5.74) is 13.9. The number of hydrogen-bond donors (Lipinski definition) is 3. The lowest BCUT2D eigenvalue weighted by Crippen LogP contribution is -2.25. The van der Waals surface area contributed by atoms with Crippen LogP contribution in [0.3, 0.4) is 0 Å². The number of aryl methyl sites for hydroxylation is 2. The average Bonchev–Trinajstić information content (AvgIpc) is 3.81. The van der Waals surface area contributed by atoms with Crippen molar-refractivity contribution in [2.75, 3.05) is 12.3 Å². The highest BCUT2D eigenvalue weighted by Gasteiger charge is 2.25. The van der Waals surface area contributed by atoms with Crippen LogP contribution in [0, 0.1) is 13.8 Å².